The summed E-state index contributed by atoms with van der Waals surface area (Å²) in [7, 11) is 0. The van der Waals surface area contributed by atoms with Crippen molar-refractivity contribution in [1.82, 2.24) is 4.98 Å². The molecule has 0 atom stereocenters. The van der Waals surface area contributed by atoms with Gasteiger partial charge in [-0.3, -0.25) is 4.79 Å². The summed E-state index contributed by atoms with van der Waals surface area (Å²) in [5.74, 6) is -0.878. The van der Waals surface area contributed by atoms with Gasteiger partial charge in [0.2, 0.25) is 0 Å². The lowest BCUT2D eigenvalue weighted by molar-refractivity contribution is 0.111. The molecule has 1 aromatic heterocycles. The number of hydrogen-bond acceptors (Lipinski definition) is 2. The summed E-state index contributed by atoms with van der Waals surface area (Å²) in [6.07, 6.45) is -2.68. The molecule has 2 nitrogen and oxygen atoms in total. The quantitative estimate of drug-likeness (QED) is 0.668. The molecule has 0 aliphatic carbocycles. The predicted molar refractivity (Wildman–Crippen MR) is 39.3 cm³/mol. The molecule has 0 aromatic carbocycles. The van der Waals surface area contributed by atoms with E-state index in [1.54, 1.807) is 0 Å². The third-order valence-corrected chi connectivity index (χ3v) is 1.55. The van der Waals surface area contributed by atoms with Crippen molar-refractivity contribution in [3.8, 4) is 0 Å². The Kier molecular flexibility index (Phi) is 2.65. The number of pyridine rings is 1. The van der Waals surface area contributed by atoms with Gasteiger partial charge in [0.05, 0.1) is 0 Å². The Hall–Kier alpha value is -1.39. The highest BCUT2D eigenvalue weighted by Crippen LogP contribution is 2.21. The van der Waals surface area contributed by atoms with Crippen LogP contribution in [0, 0.1) is 12.7 Å². The number of aryl methyl sites for hydroxylation is 1. The Labute approximate surface area is 72.4 Å². The fraction of sp³-hybridized carbons (Fsp3) is 0.250. The molecule has 0 aliphatic heterocycles. The minimum atomic E-state index is -2.79. The number of carbonyl (C=O) groups excluding carboxylic acids is 1. The molecule has 13 heavy (non-hydrogen) atoms. The number of nitrogens with zero attached hydrogens (tertiary/aromatic N) is 1. The minimum absolute atomic E-state index is 0.0399. The largest absolute Gasteiger partial charge is 0.296 e. The smallest absolute Gasteiger partial charge is 0.280 e. The van der Waals surface area contributed by atoms with Gasteiger partial charge >= 0.3 is 0 Å². The van der Waals surface area contributed by atoms with E-state index in [0.29, 0.717) is 0 Å². The number of aromatic nitrogens is 1. The third kappa shape index (κ3) is 1.85. The van der Waals surface area contributed by atoms with Crippen molar-refractivity contribution in [1.29, 1.82) is 0 Å². The fourth-order valence-corrected chi connectivity index (χ4v) is 0.913. The number of aldehydes is 1. The Morgan fingerprint density at radius 3 is 2.62 bits per heavy atom. The van der Waals surface area contributed by atoms with Gasteiger partial charge in [0.1, 0.15) is 11.4 Å². The molecule has 70 valence electrons. The second-order valence-corrected chi connectivity index (χ2v) is 2.48. The van der Waals surface area contributed by atoms with Crippen LogP contribution in [0.1, 0.15) is 28.2 Å². The van der Waals surface area contributed by atoms with E-state index < -0.39 is 23.6 Å². The second-order valence-electron chi connectivity index (χ2n) is 2.48. The molecular weight excluding hydrogens is 183 g/mol. The molecule has 0 spiro atoms. The first-order valence-electron chi connectivity index (χ1n) is 3.46. The van der Waals surface area contributed by atoms with Crippen LogP contribution in [-0.2, 0) is 0 Å². The summed E-state index contributed by atoms with van der Waals surface area (Å²) in [6.45, 7) is 1.31. The normalized spacial score (nSPS) is 10.5. The maximum Gasteiger partial charge on any atom is 0.280 e. The standard InChI is InChI=1S/C8H6F3NO/c1-4-2-5(9)6(3-13)12-7(4)8(10)11/h2-3,8H,1H3. The van der Waals surface area contributed by atoms with Crippen LogP contribution in [0.15, 0.2) is 6.07 Å². The summed E-state index contributed by atoms with van der Waals surface area (Å²) >= 11 is 0. The molecule has 0 bridgehead atoms. The van der Waals surface area contributed by atoms with Gasteiger partial charge < -0.3 is 0 Å². The van der Waals surface area contributed by atoms with E-state index in [2.05, 4.69) is 4.98 Å². The van der Waals surface area contributed by atoms with E-state index in [-0.39, 0.29) is 11.8 Å². The molecule has 0 saturated heterocycles. The van der Waals surface area contributed by atoms with Crippen molar-refractivity contribution >= 4 is 6.29 Å². The first-order valence-corrected chi connectivity index (χ1v) is 3.46. The van der Waals surface area contributed by atoms with Crippen LogP contribution in [0.25, 0.3) is 0 Å². The molecule has 5 heteroatoms. The van der Waals surface area contributed by atoms with Crippen molar-refractivity contribution in [2.45, 2.75) is 13.3 Å². The molecule has 0 amide bonds. The average Bonchev–Trinajstić information content (AvgIpc) is 2.03. The molecule has 0 N–H and O–H groups in total. The molecular formula is C8H6F3NO. The zero-order chi connectivity index (χ0) is 10.0. The zero-order valence-corrected chi connectivity index (χ0v) is 6.72. The summed E-state index contributed by atoms with van der Waals surface area (Å²) in [6, 6.07) is 0.873. The van der Waals surface area contributed by atoms with Crippen LogP contribution < -0.4 is 0 Å². The van der Waals surface area contributed by atoms with Crippen molar-refractivity contribution in [2.24, 2.45) is 0 Å². The Bertz CT molecular complexity index is 338. The Morgan fingerprint density at radius 2 is 2.15 bits per heavy atom. The minimum Gasteiger partial charge on any atom is -0.296 e. The SMILES string of the molecule is Cc1cc(F)c(C=O)nc1C(F)F. The Morgan fingerprint density at radius 1 is 1.54 bits per heavy atom. The molecule has 0 saturated carbocycles. The monoisotopic (exact) mass is 189 g/mol. The van der Waals surface area contributed by atoms with Crippen molar-refractivity contribution in [3.63, 3.8) is 0 Å². The van der Waals surface area contributed by atoms with Crippen LogP contribution in [0.4, 0.5) is 13.2 Å². The number of hydrogen-bond donors (Lipinski definition) is 0. The second kappa shape index (κ2) is 3.55. The van der Waals surface area contributed by atoms with Crippen LogP contribution in [0.3, 0.4) is 0 Å². The maximum absolute atomic E-state index is 12.8. The van der Waals surface area contributed by atoms with Crippen molar-refractivity contribution in [2.75, 3.05) is 0 Å². The van der Waals surface area contributed by atoms with E-state index in [1.165, 1.54) is 6.92 Å². The van der Waals surface area contributed by atoms with Gasteiger partial charge in [-0.2, -0.15) is 0 Å². The van der Waals surface area contributed by atoms with Crippen molar-refractivity contribution < 1.29 is 18.0 Å². The molecule has 0 radical (unpaired) electrons. The highest BCUT2D eigenvalue weighted by atomic mass is 19.3. The van der Waals surface area contributed by atoms with Crippen LogP contribution in [0.5, 0.6) is 0 Å². The van der Waals surface area contributed by atoms with Crippen molar-refractivity contribution in [3.05, 3.63) is 28.8 Å². The molecule has 1 aromatic rings. The van der Waals surface area contributed by atoms with Gasteiger partial charge in [-0.15, -0.1) is 0 Å². The third-order valence-electron chi connectivity index (χ3n) is 1.55. The van der Waals surface area contributed by atoms with Gasteiger partial charge in [-0.1, -0.05) is 0 Å². The summed E-state index contributed by atoms with van der Waals surface area (Å²) in [4.78, 5) is 13.4. The fourth-order valence-electron chi connectivity index (χ4n) is 0.913. The van der Waals surface area contributed by atoms with Crippen LogP contribution in [-0.4, -0.2) is 11.3 Å². The first kappa shape index (κ1) is 9.70. The lowest BCUT2D eigenvalue weighted by Crippen LogP contribution is -2.01. The molecule has 1 heterocycles. The van der Waals surface area contributed by atoms with Gasteiger partial charge in [-0.05, 0) is 18.6 Å². The summed E-state index contributed by atoms with van der Waals surface area (Å²) in [5, 5.41) is 0. The first-order chi connectivity index (χ1) is 6.06. The number of alkyl halides is 2. The zero-order valence-electron chi connectivity index (χ0n) is 6.72. The highest BCUT2D eigenvalue weighted by Gasteiger charge is 2.15. The van der Waals surface area contributed by atoms with Gasteiger partial charge in [0, 0.05) is 0 Å². The lowest BCUT2D eigenvalue weighted by Gasteiger charge is -2.04. The van der Waals surface area contributed by atoms with Crippen LogP contribution in [0.2, 0.25) is 0 Å². The maximum atomic E-state index is 12.8. The topological polar surface area (TPSA) is 30.0 Å². The van der Waals surface area contributed by atoms with E-state index >= 15 is 0 Å². The number of rotatable bonds is 2. The van der Waals surface area contributed by atoms with E-state index in [4.69, 9.17) is 0 Å². The van der Waals surface area contributed by atoms with Gasteiger partial charge in [0.25, 0.3) is 6.43 Å². The van der Waals surface area contributed by atoms with E-state index in [0.717, 1.165) is 6.07 Å². The number of carbonyl (C=O) groups is 1. The lowest BCUT2D eigenvalue weighted by atomic mass is 10.2. The summed E-state index contributed by atoms with van der Waals surface area (Å²) < 4.78 is 37.1. The summed E-state index contributed by atoms with van der Waals surface area (Å²) in [5.41, 5.74) is -1.09. The molecule has 0 aliphatic rings. The molecule has 0 unspecified atom stereocenters. The average molecular weight is 189 g/mol. The van der Waals surface area contributed by atoms with E-state index in [9.17, 15) is 18.0 Å². The Balaban J connectivity index is 3.30. The highest BCUT2D eigenvalue weighted by molar-refractivity contribution is 5.72. The van der Waals surface area contributed by atoms with Gasteiger partial charge in [-0.25, -0.2) is 18.2 Å². The van der Waals surface area contributed by atoms with Crippen LogP contribution >= 0.6 is 0 Å². The molecule has 0 fully saturated rings. The van der Waals surface area contributed by atoms with E-state index in [1.807, 2.05) is 0 Å². The molecule has 1 rings (SSSR count). The number of halogens is 3. The van der Waals surface area contributed by atoms with Gasteiger partial charge in [0.15, 0.2) is 12.1 Å². The predicted octanol–water partition coefficient (Wildman–Crippen LogP) is 2.28.